The smallest absolute Gasteiger partial charge is 0.254 e. The van der Waals surface area contributed by atoms with Gasteiger partial charge in [0.2, 0.25) is 5.91 Å². The van der Waals surface area contributed by atoms with Gasteiger partial charge in [-0.25, -0.2) is 0 Å². The second-order valence-corrected chi connectivity index (χ2v) is 6.93. The average molecular weight is 351 g/mol. The van der Waals surface area contributed by atoms with Crippen molar-refractivity contribution in [3.63, 3.8) is 0 Å². The molecule has 1 atom stereocenters. The van der Waals surface area contributed by atoms with E-state index in [0.29, 0.717) is 25.1 Å². The maximum atomic E-state index is 13.1. The Kier molecular flexibility index (Phi) is 5.68. The Morgan fingerprint density at radius 1 is 1.12 bits per heavy atom. The van der Waals surface area contributed by atoms with Crippen molar-refractivity contribution in [3.8, 4) is 0 Å². The Hall–Kier alpha value is -2.66. The number of carbonyl (C=O) groups excluding carboxylic acids is 2. The lowest BCUT2D eigenvalue weighted by Crippen LogP contribution is -2.58. The molecule has 2 amide bonds. The molecule has 0 aromatic heterocycles. The summed E-state index contributed by atoms with van der Waals surface area (Å²) in [7, 11) is 4.00. The van der Waals surface area contributed by atoms with E-state index in [1.807, 2.05) is 68.7 Å². The van der Waals surface area contributed by atoms with Gasteiger partial charge in [0.15, 0.2) is 0 Å². The Balaban J connectivity index is 1.82. The molecule has 136 valence electrons. The molecule has 3 rings (SSSR count). The molecular weight excluding hydrogens is 326 g/mol. The van der Waals surface area contributed by atoms with E-state index in [1.54, 1.807) is 4.90 Å². The van der Waals surface area contributed by atoms with Crippen LogP contribution in [0.2, 0.25) is 0 Å². The number of hydrogen-bond acceptors (Lipinski definition) is 3. The molecule has 0 unspecified atom stereocenters. The zero-order valence-corrected chi connectivity index (χ0v) is 15.3. The van der Waals surface area contributed by atoms with Crippen LogP contribution in [0.4, 0.5) is 0 Å². The molecule has 0 radical (unpaired) electrons. The Morgan fingerprint density at radius 3 is 2.58 bits per heavy atom. The number of rotatable bonds is 5. The minimum atomic E-state index is -0.476. The second-order valence-electron chi connectivity index (χ2n) is 6.93. The average Bonchev–Trinajstić information content (AvgIpc) is 2.63. The lowest BCUT2D eigenvalue weighted by Gasteiger charge is -2.35. The van der Waals surface area contributed by atoms with E-state index in [0.717, 1.165) is 17.7 Å². The Labute approximate surface area is 154 Å². The first kappa shape index (κ1) is 18.1. The Morgan fingerprint density at radius 2 is 1.85 bits per heavy atom. The highest BCUT2D eigenvalue weighted by Crippen LogP contribution is 2.17. The van der Waals surface area contributed by atoms with Crippen LogP contribution >= 0.6 is 0 Å². The SMILES string of the molecule is CN(C)Cc1cccc(C(=O)N2CCNC(=O)[C@@H]2Cc2ccccc2)c1. The number of hydrogen-bond donors (Lipinski definition) is 1. The predicted molar refractivity (Wildman–Crippen MR) is 102 cm³/mol. The maximum absolute atomic E-state index is 13.1. The van der Waals surface area contributed by atoms with Crippen LogP contribution in [0.3, 0.4) is 0 Å². The van der Waals surface area contributed by atoms with Gasteiger partial charge in [0.25, 0.3) is 5.91 Å². The molecule has 1 aliphatic rings. The number of benzene rings is 2. The largest absolute Gasteiger partial charge is 0.353 e. The quantitative estimate of drug-likeness (QED) is 0.896. The maximum Gasteiger partial charge on any atom is 0.254 e. The molecule has 0 saturated carbocycles. The third-order valence-electron chi connectivity index (χ3n) is 4.54. The van der Waals surface area contributed by atoms with Crippen molar-refractivity contribution in [1.82, 2.24) is 15.1 Å². The fourth-order valence-electron chi connectivity index (χ4n) is 3.33. The van der Waals surface area contributed by atoms with E-state index < -0.39 is 6.04 Å². The van der Waals surface area contributed by atoms with Crippen LogP contribution in [0, 0.1) is 0 Å². The van der Waals surface area contributed by atoms with Crippen LogP contribution in [0.5, 0.6) is 0 Å². The van der Waals surface area contributed by atoms with Crippen LogP contribution in [0.25, 0.3) is 0 Å². The van der Waals surface area contributed by atoms with Gasteiger partial charge in [0.05, 0.1) is 0 Å². The molecule has 1 N–H and O–H groups in total. The summed E-state index contributed by atoms with van der Waals surface area (Å²) >= 11 is 0. The molecule has 1 fully saturated rings. The van der Waals surface area contributed by atoms with Crippen LogP contribution in [0.15, 0.2) is 54.6 Å². The van der Waals surface area contributed by atoms with Gasteiger partial charge in [0, 0.05) is 31.6 Å². The summed E-state index contributed by atoms with van der Waals surface area (Å²) in [5.74, 6) is -0.167. The predicted octanol–water partition coefficient (Wildman–Crippen LogP) is 1.93. The van der Waals surface area contributed by atoms with Crippen molar-refractivity contribution >= 4 is 11.8 Å². The monoisotopic (exact) mass is 351 g/mol. The van der Waals surface area contributed by atoms with E-state index in [2.05, 4.69) is 10.2 Å². The topological polar surface area (TPSA) is 52.7 Å². The first-order valence-electron chi connectivity index (χ1n) is 8.91. The highest BCUT2D eigenvalue weighted by atomic mass is 16.2. The molecule has 5 heteroatoms. The van der Waals surface area contributed by atoms with Gasteiger partial charge in [0.1, 0.15) is 6.04 Å². The summed E-state index contributed by atoms with van der Waals surface area (Å²) in [6.45, 7) is 1.79. The standard InChI is InChI=1S/C21H25N3O2/c1-23(2)15-17-9-6-10-18(13-17)21(26)24-12-11-22-20(25)19(24)14-16-7-4-3-5-8-16/h3-10,13,19H,11-12,14-15H2,1-2H3,(H,22,25)/t19-/m0/s1. The van der Waals surface area contributed by atoms with Gasteiger partial charge in [-0.05, 0) is 37.4 Å². The molecule has 0 spiro atoms. The van der Waals surface area contributed by atoms with E-state index >= 15 is 0 Å². The van der Waals surface area contributed by atoms with Crippen molar-refractivity contribution in [2.75, 3.05) is 27.2 Å². The van der Waals surface area contributed by atoms with E-state index in [-0.39, 0.29) is 11.8 Å². The lowest BCUT2D eigenvalue weighted by molar-refractivity contribution is -0.127. The van der Waals surface area contributed by atoms with Crippen molar-refractivity contribution in [2.24, 2.45) is 0 Å². The fraction of sp³-hybridized carbons (Fsp3) is 0.333. The van der Waals surface area contributed by atoms with Crippen molar-refractivity contribution in [3.05, 3.63) is 71.3 Å². The normalized spacial score (nSPS) is 17.3. The number of nitrogens with zero attached hydrogens (tertiary/aromatic N) is 2. The first-order valence-corrected chi connectivity index (χ1v) is 8.91. The highest BCUT2D eigenvalue weighted by Gasteiger charge is 2.33. The summed E-state index contributed by atoms with van der Waals surface area (Å²) in [4.78, 5) is 29.3. The molecule has 1 aliphatic heterocycles. The van der Waals surface area contributed by atoms with Gasteiger partial charge >= 0.3 is 0 Å². The van der Waals surface area contributed by atoms with Gasteiger partial charge in [-0.1, -0.05) is 42.5 Å². The molecule has 2 aromatic carbocycles. The number of amides is 2. The minimum absolute atomic E-state index is 0.0820. The summed E-state index contributed by atoms with van der Waals surface area (Å²) < 4.78 is 0. The highest BCUT2D eigenvalue weighted by molar-refractivity contribution is 5.98. The minimum Gasteiger partial charge on any atom is -0.353 e. The lowest BCUT2D eigenvalue weighted by atomic mass is 10.0. The number of carbonyl (C=O) groups is 2. The van der Waals surface area contributed by atoms with Gasteiger partial charge in [-0.2, -0.15) is 0 Å². The summed E-state index contributed by atoms with van der Waals surface area (Å²) in [5, 5.41) is 2.89. The second kappa shape index (κ2) is 8.15. The molecule has 1 heterocycles. The van der Waals surface area contributed by atoms with Crippen molar-refractivity contribution in [2.45, 2.75) is 19.0 Å². The molecule has 0 bridgehead atoms. The van der Waals surface area contributed by atoms with Crippen LogP contribution in [0.1, 0.15) is 21.5 Å². The summed E-state index contributed by atoms with van der Waals surface area (Å²) in [6, 6.07) is 17.0. The van der Waals surface area contributed by atoms with E-state index in [1.165, 1.54) is 0 Å². The molecule has 1 saturated heterocycles. The molecule has 26 heavy (non-hydrogen) atoms. The fourth-order valence-corrected chi connectivity index (χ4v) is 3.33. The molecule has 0 aliphatic carbocycles. The zero-order chi connectivity index (χ0) is 18.5. The number of nitrogens with one attached hydrogen (secondary N) is 1. The number of piperazine rings is 1. The summed E-state index contributed by atoms with van der Waals surface area (Å²) in [5.41, 5.74) is 2.77. The van der Waals surface area contributed by atoms with Crippen molar-refractivity contribution < 1.29 is 9.59 Å². The summed E-state index contributed by atoms with van der Waals surface area (Å²) in [6.07, 6.45) is 0.524. The van der Waals surface area contributed by atoms with Gasteiger partial charge in [-0.3, -0.25) is 9.59 Å². The molecular formula is C21H25N3O2. The molecule has 2 aromatic rings. The van der Waals surface area contributed by atoms with Gasteiger partial charge < -0.3 is 15.1 Å². The first-order chi connectivity index (χ1) is 12.5. The third kappa shape index (κ3) is 4.29. The van der Waals surface area contributed by atoms with Crippen molar-refractivity contribution in [1.29, 1.82) is 0 Å². The van der Waals surface area contributed by atoms with Crippen LogP contribution in [-0.4, -0.2) is 54.8 Å². The third-order valence-corrected chi connectivity index (χ3v) is 4.54. The van der Waals surface area contributed by atoms with E-state index in [4.69, 9.17) is 0 Å². The zero-order valence-electron chi connectivity index (χ0n) is 15.3. The van der Waals surface area contributed by atoms with E-state index in [9.17, 15) is 9.59 Å². The Bertz CT molecular complexity index is 774. The van der Waals surface area contributed by atoms with Gasteiger partial charge in [-0.15, -0.1) is 0 Å². The molecule has 5 nitrogen and oxygen atoms in total. The van der Waals surface area contributed by atoms with Crippen LogP contribution in [-0.2, 0) is 17.8 Å². The van der Waals surface area contributed by atoms with Crippen LogP contribution < -0.4 is 5.32 Å².